The molecule has 0 saturated carbocycles. The summed E-state index contributed by atoms with van der Waals surface area (Å²) >= 11 is 0. The number of carbonyl (C=O) groups is 2. The van der Waals surface area contributed by atoms with Crippen LogP contribution in [-0.2, 0) is 28.9 Å². The highest BCUT2D eigenvalue weighted by molar-refractivity contribution is 5.85. The van der Waals surface area contributed by atoms with Crippen molar-refractivity contribution in [2.75, 3.05) is 13.1 Å². The van der Waals surface area contributed by atoms with Crippen molar-refractivity contribution >= 4 is 11.8 Å². The highest BCUT2D eigenvalue weighted by atomic mass is 16.3. The van der Waals surface area contributed by atoms with Crippen LogP contribution >= 0.6 is 0 Å². The van der Waals surface area contributed by atoms with Crippen molar-refractivity contribution in [1.29, 1.82) is 0 Å². The minimum Gasteiger partial charge on any atom is -0.378 e. The fourth-order valence-electron chi connectivity index (χ4n) is 3.47. The predicted molar refractivity (Wildman–Crippen MR) is 82.1 cm³/mol. The van der Waals surface area contributed by atoms with E-state index in [2.05, 4.69) is 12.1 Å². The molecule has 22 heavy (non-hydrogen) atoms. The summed E-state index contributed by atoms with van der Waals surface area (Å²) in [5.74, 6) is -0.806. The largest absolute Gasteiger partial charge is 0.378 e. The van der Waals surface area contributed by atoms with Crippen LogP contribution in [0, 0.1) is 0 Å². The number of nitrogens with zero attached hydrogens (tertiary/aromatic N) is 1. The Labute approximate surface area is 130 Å². The third-order valence-corrected chi connectivity index (χ3v) is 4.80. The van der Waals surface area contributed by atoms with E-state index in [0.717, 1.165) is 18.4 Å². The molecule has 1 aromatic carbocycles. The fraction of sp³-hybridized carbons (Fsp3) is 0.529. The Morgan fingerprint density at radius 3 is 2.77 bits per heavy atom. The third kappa shape index (κ3) is 2.86. The van der Waals surface area contributed by atoms with Gasteiger partial charge in [0, 0.05) is 6.54 Å². The molecular weight excluding hydrogens is 280 g/mol. The van der Waals surface area contributed by atoms with Crippen molar-refractivity contribution < 1.29 is 14.7 Å². The standard InChI is InChI=1S/C17H22N2O3/c18-16(21)17(22)7-2-8-19(11-17)15(20)10-12-5-6-13-3-1-4-14(13)9-12/h5-6,9,22H,1-4,7-8,10-11H2,(H2,18,21)/t17-/m1/s1. The Kier molecular flexibility index (Phi) is 3.91. The van der Waals surface area contributed by atoms with Gasteiger partial charge >= 0.3 is 0 Å². The number of aliphatic hydroxyl groups is 1. The number of hydrogen-bond acceptors (Lipinski definition) is 3. The van der Waals surface area contributed by atoms with Crippen molar-refractivity contribution in [3.63, 3.8) is 0 Å². The van der Waals surface area contributed by atoms with Crippen molar-refractivity contribution in [3.05, 3.63) is 34.9 Å². The maximum absolute atomic E-state index is 12.4. The van der Waals surface area contributed by atoms with Crippen LogP contribution in [0.5, 0.6) is 0 Å². The van der Waals surface area contributed by atoms with E-state index >= 15 is 0 Å². The van der Waals surface area contributed by atoms with Crippen LogP contribution in [0.2, 0.25) is 0 Å². The second-order valence-corrected chi connectivity index (χ2v) is 6.45. The Morgan fingerprint density at radius 2 is 2.00 bits per heavy atom. The van der Waals surface area contributed by atoms with Crippen molar-refractivity contribution in [2.24, 2.45) is 5.73 Å². The fourth-order valence-corrected chi connectivity index (χ4v) is 3.47. The first-order chi connectivity index (χ1) is 10.5. The maximum atomic E-state index is 12.4. The molecule has 0 radical (unpaired) electrons. The van der Waals surface area contributed by atoms with Crippen LogP contribution in [-0.4, -0.2) is 40.5 Å². The van der Waals surface area contributed by atoms with Crippen LogP contribution in [0.3, 0.4) is 0 Å². The van der Waals surface area contributed by atoms with Crippen molar-refractivity contribution in [3.8, 4) is 0 Å². The zero-order valence-corrected chi connectivity index (χ0v) is 12.7. The molecule has 0 unspecified atom stereocenters. The van der Waals surface area contributed by atoms with Crippen LogP contribution in [0.4, 0.5) is 0 Å². The van der Waals surface area contributed by atoms with Gasteiger partial charge in [-0.3, -0.25) is 9.59 Å². The molecule has 1 fully saturated rings. The highest BCUT2D eigenvalue weighted by Crippen LogP contribution is 2.24. The summed E-state index contributed by atoms with van der Waals surface area (Å²) in [4.78, 5) is 25.4. The number of aryl methyl sites for hydroxylation is 2. The molecule has 2 amide bonds. The summed E-state index contributed by atoms with van der Waals surface area (Å²) < 4.78 is 0. The van der Waals surface area contributed by atoms with Gasteiger partial charge in [0.05, 0.1) is 13.0 Å². The van der Waals surface area contributed by atoms with Crippen LogP contribution in [0.15, 0.2) is 18.2 Å². The number of piperidine rings is 1. The number of nitrogens with two attached hydrogens (primary N) is 1. The molecule has 0 bridgehead atoms. The molecular formula is C17H22N2O3. The van der Waals surface area contributed by atoms with E-state index in [1.165, 1.54) is 17.5 Å². The van der Waals surface area contributed by atoms with Gasteiger partial charge in [-0.2, -0.15) is 0 Å². The third-order valence-electron chi connectivity index (χ3n) is 4.80. The van der Waals surface area contributed by atoms with Gasteiger partial charge in [-0.15, -0.1) is 0 Å². The molecule has 0 spiro atoms. The lowest BCUT2D eigenvalue weighted by Gasteiger charge is -2.37. The predicted octanol–water partition coefficient (Wildman–Crippen LogP) is 0.557. The molecule has 5 nitrogen and oxygen atoms in total. The first-order valence-electron chi connectivity index (χ1n) is 7.89. The summed E-state index contributed by atoms with van der Waals surface area (Å²) in [5.41, 5.74) is 7.40. The molecule has 1 aromatic rings. The number of β-amino-alcohol motifs (C(OH)–C–C–N with tert-alkyl or cyclic N) is 1. The van der Waals surface area contributed by atoms with Gasteiger partial charge in [0.25, 0.3) is 5.91 Å². The summed E-state index contributed by atoms with van der Waals surface area (Å²) in [7, 11) is 0. The minimum atomic E-state index is -1.58. The van der Waals surface area contributed by atoms with E-state index in [1.54, 1.807) is 4.90 Å². The zero-order valence-electron chi connectivity index (χ0n) is 12.7. The normalized spacial score (nSPS) is 24.1. The van der Waals surface area contributed by atoms with E-state index in [9.17, 15) is 14.7 Å². The number of primary amides is 1. The Morgan fingerprint density at radius 1 is 1.23 bits per heavy atom. The molecule has 2 aliphatic rings. The lowest BCUT2D eigenvalue weighted by molar-refractivity contribution is -0.148. The Balaban J connectivity index is 1.68. The number of benzene rings is 1. The molecule has 1 atom stereocenters. The van der Waals surface area contributed by atoms with Gasteiger partial charge in [0.2, 0.25) is 5.91 Å². The van der Waals surface area contributed by atoms with Crippen molar-refractivity contribution in [1.82, 2.24) is 4.90 Å². The van der Waals surface area contributed by atoms with Crippen LogP contribution < -0.4 is 5.73 Å². The van der Waals surface area contributed by atoms with Gasteiger partial charge in [-0.05, 0) is 48.8 Å². The number of hydrogen-bond donors (Lipinski definition) is 2. The van der Waals surface area contributed by atoms with Gasteiger partial charge in [0.15, 0.2) is 5.60 Å². The van der Waals surface area contributed by atoms with Crippen LogP contribution in [0.25, 0.3) is 0 Å². The van der Waals surface area contributed by atoms with Crippen LogP contribution in [0.1, 0.15) is 36.0 Å². The number of likely N-dealkylation sites (tertiary alicyclic amines) is 1. The van der Waals surface area contributed by atoms with E-state index in [1.807, 2.05) is 6.07 Å². The van der Waals surface area contributed by atoms with Gasteiger partial charge < -0.3 is 15.7 Å². The first kappa shape index (κ1) is 15.0. The van der Waals surface area contributed by atoms with Crippen molar-refractivity contribution in [2.45, 2.75) is 44.1 Å². The molecule has 0 aromatic heterocycles. The smallest absolute Gasteiger partial charge is 0.251 e. The maximum Gasteiger partial charge on any atom is 0.251 e. The number of fused-ring (bicyclic) bond motifs is 1. The van der Waals surface area contributed by atoms with E-state index in [4.69, 9.17) is 5.73 Å². The summed E-state index contributed by atoms with van der Waals surface area (Å²) in [6.07, 6.45) is 4.62. The van der Waals surface area contributed by atoms with E-state index in [0.29, 0.717) is 25.8 Å². The highest BCUT2D eigenvalue weighted by Gasteiger charge is 2.40. The SMILES string of the molecule is NC(=O)[C@@]1(O)CCCN(C(=O)Cc2ccc3c(c2)CCC3)C1. The molecule has 5 heteroatoms. The summed E-state index contributed by atoms with van der Waals surface area (Å²) in [6, 6.07) is 6.23. The number of carbonyl (C=O) groups excluding carboxylic acids is 2. The number of rotatable bonds is 3. The molecule has 118 valence electrons. The van der Waals surface area contributed by atoms with Gasteiger partial charge in [-0.25, -0.2) is 0 Å². The number of amides is 2. The quantitative estimate of drug-likeness (QED) is 0.855. The van der Waals surface area contributed by atoms with E-state index < -0.39 is 11.5 Å². The Bertz CT molecular complexity index is 614. The summed E-state index contributed by atoms with van der Waals surface area (Å²) in [6.45, 7) is 0.575. The van der Waals surface area contributed by atoms with E-state index in [-0.39, 0.29) is 12.5 Å². The topological polar surface area (TPSA) is 83.6 Å². The average Bonchev–Trinajstić information content (AvgIpc) is 2.94. The molecule has 1 saturated heterocycles. The minimum absolute atomic E-state index is 0.00606. The zero-order chi connectivity index (χ0) is 15.7. The monoisotopic (exact) mass is 302 g/mol. The lowest BCUT2D eigenvalue weighted by atomic mass is 9.91. The first-order valence-corrected chi connectivity index (χ1v) is 7.89. The molecule has 3 rings (SSSR count). The summed E-state index contributed by atoms with van der Waals surface area (Å²) in [5, 5.41) is 10.2. The second kappa shape index (κ2) is 5.72. The molecule has 1 aliphatic carbocycles. The Hall–Kier alpha value is -1.88. The van der Waals surface area contributed by atoms with Gasteiger partial charge in [0.1, 0.15) is 0 Å². The molecule has 1 heterocycles. The molecule has 3 N–H and O–H groups in total. The second-order valence-electron chi connectivity index (χ2n) is 6.45. The lowest BCUT2D eigenvalue weighted by Crippen LogP contribution is -2.57. The average molecular weight is 302 g/mol. The molecule has 1 aliphatic heterocycles. The van der Waals surface area contributed by atoms with Gasteiger partial charge in [-0.1, -0.05) is 18.2 Å².